The second kappa shape index (κ2) is 5.53. The Morgan fingerprint density at radius 1 is 0.727 bits per heavy atom. The molecule has 0 spiro atoms. The first-order valence-corrected chi connectivity index (χ1v) is 5.91. The molecule has 117 valence electrons. The molecular formula is C14H8F6NO. The third-order valence-electron chi connectivity index (χ3n) is 2.86. The third kappa shape index (κ3) is 3.33. The number of para-hydroxylation sites is 1. The zero-order valence-electron chi connectivity index (χ0n) is 10.7. The van der Waals surface area contributed by atoms with Crippen LogP contribution in [-0.4, -0.2) is 0 Å². The SMILES string of the molecule is [O]N(c1ccc(C(F)(F)F)cc1)c1ccccc1C(F)(F)F. The van der Waals surface area contributed by atoms with Gasteiger partial charge >= 0.3 is 12.4 Å². The van der Waals surface area contributed by atoms with Crippen LogP contribution >= 0.6 is 0 Å². The zero-order chi connectivity index (χ0) is 16.5. The van der Waals surface area contributed by atoms with Crippen LogP contribution in [0.2, 0.25) is 0 Å². The minimum absolute atomic E-state index is 0.0526. The summed E-state index contributed by atoms with van der Waals surface area (Å²) >= 11 is 0. The van der Waals surface area contributed by atoms with Crippen LogP contribution in [0.1, 0.15) is 11.1 Å². The Morgan fingerprint density at radius 3 is 1.77 bits per heavy atom. The molecule has 0 N–H and O–H groups in total. The van der Waals surface area contributed by atoms with E-state index in [1.54, 1.807) is 0 Å². The molecule has 0 amide bonds. The van der Waals surface area contributed by atoms with E-state index in [-0.39, 0.29) is 10.8 Å². The van der Waals surface area contributed by atoms with Crippen molar-refractivity contribution in [3.05, 3.63) is 59.7 Å². The highest BCUT2D eigenvalue weighted by molar-refractivity contribution is 5.64. The van der Waals surface area contributed by atoms with Gasteiger partial charge in [0, 0.05) is 0 Å². The minimum Gasteiger partial charge on any atom is -0.188 e. The maximum atomic E-state index is 12.8. The second-order valence-electron chi connectivity index (χ2n) is 4.35. The fraction of sp³-hybridized carbons (Fsp3) is 0.143. The standard InChI is InChI=1S/C14H8F6NO/c15-13(16,17)9-5-7-10(8-6-9)21(22)12-4-2-1-3-11(12)14(18,19)20/h1-8H. The molecule has 0 saturated carbocycles. The Hall–Kier alpha value is -2.22. The molecule has 2 aromatic rings. The number of hydrogen-bond donors (Lipinski definition) is 0. The molecular weight excluding hydrogens is 312 g/mol. The molecule has 0 fully saturated rings. The Kier molecular flexibility index (Phi) is 4.06. The van der Waals surface area contributed by atoms with E-state index >= 15 is 0 Å². The molecule has 2 aromatic carbocycles. The van der Waals surface area contributed by atoms with Gasteiger partial charge in [0.2, 0.25) is 0 Å². The molecule has 0 unspecified atom stereocenters. The van der Waals surface area contributed by atoms with Crippen LogP contribution in [-0.2, 0) is 17.6 Å². The molecule has 1 radical (unpaired) electrons. The molecule has 0 aliphatic rings. The van der Waals surface area contributed by atoms with Crippen molar-refractivity contribution >= 4 is 11.4 Å². The normalized spacial score (nSPS) is 12.3. The quantitative estimate of drug-likeness (QED) is 0.550. The molecule has 22 heavy (non-hydrogen) atoms. The first kappa shape index (κ1) is 16.2. The number of halogens is 6. The fourth-order valence-corrected chi connectivity index (χ4v) is 1.82. The number of rotatable bonds is 2. The van der Waals surface area contributed by atoms with Crippen molar-refractivity contribution in [1.82, 2.24) is 0 Å². The van der Waals surface area contributed by atoms with E-state index < -0.39 is 29.2 Å². The summed E-state index contributed by atoms with van der Waals surface area (Å²) in [5, 5.41) is 12.0. The van der Waals surface area contributed by atoms with Crippen molar-refractivity contribution in [3.63, 3.8) is 0 Å². The van der Waals surface area contributed by atoms with Crippen LogP contribution in [0, 0.1) is 0 Å². The predicted octanol–water partition coefficient (Wildman–Crippen LogP) is 5.21. The van der Waals surface area contributed by atoms with E-state index in [1.807, 2.05) is 0 Å². The van der Waals surface area contributed by atoms with Gasteiger partial charge in [-0.2, -0.15) is 31.4 Å². The van der Waals surface area contributed by atoms with Crippen LogP contribution in [0.5, 0.6) is 0 Å². The Balaban J connectivity index is 2.39. The molecule has 2 rings (SSSR count). The smallest absolute Gasteiger partial charge is 0.188 e. The highest BCUT2D eigenvalue weighted by Crippen LogP contribution is 2.39. The maximum absolute atomic E-state index is 12.8. The number of alkyl halides is 6. The van der Waals surface area contributed by atoms with Crippen molar-refractivity contribution in [2.24, 2.45) is 0 Å². The van der Waals surface area contributed by atoms with Gasteiger partial charge in [0.1, 0.15) is 0 Å². The van der Waals surface area contributed by atoms with Crippen LogP contribution in [0.3, 0.4) is 0 Å². The first-order chi connectivity index (χ1) is 10.1. The molecule has 0 aliphatic heterocycles. The molecule has 2 nitrogen and oxygen atoms in total. The van der Waals surface area contributed by atoms with E-state index in [9.17, 15) is 31.5 Å². The van der Waals surface area contributed by atoms with Gasteiger partial charge in [-0.25, -0.2) is 0 Å². The lowest BCUT2D eigenvalue weighted by Crippen LogP contribution is -2.16. The largest absolute Gasteiger partial charge is 0.418 e. The first-order valence-electron chi connectivity index (χ1n) is 5.91. The van der Waals surface area contributed by atoms with Gasteiger partial charge in [0.15, 0.2) is 0 Å². The topological polar surface area (TPSA) is 23.1 Å². The van der Waals surface area contributed by atoms with E-state index in [0.717, 1.165) is 30.3 Å². The van der Waals surface area contributed by atoms with Crippen LogP contribution in [0.25, 0.3) is 0 Å². The van der Waals surface area contributed by atoms with Crippen molar-refractivity contribution < 1.29 is 31.5 Å². The van der Waals surface area contributed by atoms with Crippen LogP contribution in [0.15, 0.2) is 48.5 Å². The number of anilines is 2. The van der Waals surface area contributed by atoms with E-state index in [0.29, 0.717) is 12.1 Å². The zero-order valence-corrected chi connectivity index (χ0v) is 10.7. The van der Waals surface area contributed by atoms with Crippen LogP contribution in [0.4, 0.5) is 37.7 Å². The van der Waals surface area contributed by atoms with Gasteiger partial charge in [-0.3, -0.25) is 0 Å². The molecule has 0 saturated heterocycles. The monoisotopic (exact) mass is 320 g/mol. The summed E-state index contributed by atoms with van der Waals surface area (Å²) in [6.45, 7) is 0. The predicted molar refractivity (Wildman–Crippen MR) is 65.7 cm³/mol. The average Bonchev–Trinajstić information content (AvgIpc) is 2.45. The van der Waals surface area contributed by atoms with Gasteiger partial charge in [-0.1, -0.05) is 17.3 Å². The number of nitrogens with zero attached hydrogens (tertiary/aromatic N) is 1. The second-order valence-corrected chi connectivity index (χ2v) is 4.35. The Morgan fingerprint density at radius 2 is 1.27 bits per heavy atom. The van der Waals surface area contributed by atoms with Crippen molar-refractivity contribution in [1.29, 1.82) is 0 Å². The summed E-state index contributed by atoms with van der Waals surface area (Å²) < 4.78 is 75.8. The Labute approximate surface area is 121 Å². The molecule has 0 atom stereocenters. The minimum atomic E-state index is -4.74. The summed E-state index contributed by atoms with van der Waals surface area (Å²) in [6.07, 6.45) is -9.33. The average molecular weight is 320 g/mol. The Bertz CT molecular complexity index is 648. The molecule has 8 heteroatoms. The maximum Gasteiger partial charge on any atom is 0.418 e. The van der Waals surface area contributed by atoms with Crippen molar-refractivity contribution in [2.45, 2.75) is 12.4 Å². The highest BCUT2D eigenvalue weighted by atomic mass is 19.4. The molecule has 0 aromatic heterocycles. The summed E-state index contributed by atoms with van der Waals surface area (Å²) in [5.74, 6) is 0. The molecule has 0 aliphatic carbocycles. The van der Waals surface area contributed by atoms with Gasteiger partial charge in [-0.15, -0.1) is 0 Å². The summed E-state index contributed by atoms with van der Waals surface area (Å²) in [5.41, 5.74) is -3.17. The van der Waals surface area contributed by atoms with Crippen molar-refractivity contribution in [2.75, 3.05) is 5.06 Å². The fourth-order valence-electron chi connectivity index (χ4n) is 1.82. The lowest BCUT2D eigenvalue weighted by molar-refractivity contribution is -0.138. The van der Waals surface area contributed by atoms with Gasteiger partial charge in [0.25, 0.3) is 0 Å². The number of benzene rings is 2. The summed E-state index contributed by atoms with van der Waals surface area (Å²) in [6, 6.07) is 6.95. The van der Waals surface area contributed by atoms with Gasteiger partial charge in [-0.05, 0) is 36.4 Å². The summed E-state index contributed by atoms with van der Waals surface area (Å²) in [4.78, 5) is 0. The third-order valence-corrected chi connectivity index (χ3v) is 2.86. The van der Waals surface area contributed by atoms with Crippen molar-refractivity contribution in [3.8, 4) is 0 Å². The lowest BCUT2D eigenvalue weighted by Gasteiger charge is -2.19. The van der Waals surface area contributed by atoms with E-state index in [4.69, 9.17) is 0 Å². The molecule has 0 heterocycles. The van der Waals surface area contributed by atoms with E-state index in [2.05, 4.69) is 0 Å². The lowest BCUT2D eigenvalue weighted by atomic mass is 10.1. The summed E-state index contributed by atoms with van der Waals surface area (Å²) in [7, 11) is 0. The van der Waals surface area contributed by atoms with Gasteiger partial charge < -0.3 is 0 Å². The van der Waals surface area contributed by atoms with Gasteiger partial charge in [0.05, 0.1) is 22.5 Å². The molecule has 0 bridgehead atoms. The van der Waals surface area contributed by atoms with Crippen LogP contribution < -0.4 is 5.06 Å². The highest BCUT2D eigenvalue weighted by Gasteiger charge is 2.35. The van der Waals surface area contributed by atoms with E-state index in [1.165, 1.54) is 6.07 Å². The number of hydrogen-bond acceptors (Lipinski definition) is 1.